The van der Waals surface area contributed by atoms with Crippen molar-refractivity contribution in [2.45, 2.75) is 0 Å². The van der Waals surface area contributed by atoms with Crippen molar-refractivity contribution in [1.82, 2.24) is 0 Å². The molecular weight excluding hydrogens is 384 g/mol. The number of benzene rings is 4. The largest absolute Gasteiger partial charge is 0.496 e. The molecule has 6 nitrogen and oxygen atoms in total. The molecule has 0 unspecified atom stereocenters. The molecule has 0 saturated heterocycles. The van der Waals surface area contributed by atoms with Gasteiger partial charge in [0.1, 0.15) is 11.5 Å². The summed E-state index contributed by atoms with van der Waals surface area (Å²) in [6.45, 7) is 0. The van der Waals surface area contributed by atoms with Gasteiger partial charge in [0, 0.05) is 10.8 Å². The molecule has 0 amide bonds. The Morgan fingerprint density at radius 1 is 0.367 bits per heavy atom. The first-order valence-electron chi connectivity index (χ1n) is 9.39. The second-order valence-corrected chi connectivity index (χ2v) is 6.73. The molecule has 0 radical (unpaired) electrons. The van der Waals surface area contributed by atoms with Gasteiger partial charge in [-0.15, -0.1) is 0 Å². The van der Waals surface area contributed by atoms with Crippen molar-refractivity contribution in [2.24, 2.45) is 0 Å². The summed E-state index contributed by atoms with van der Waals surface area (Å²) in [6, 6.07) is 11.7. The van der Waals surface area contributed by atoms with Gasteiger partial charge in [0.05, 0.1) is 42.7 Å². The molecule has 0 aromatic heterocycles. The fourth-order valence-electron chi connectivity index (χ4n) is 4.06. The monoisotopic (exact) mass is 408 g/mol. The lowest BCUT2D eigenvalue weighted by molar-refractivity contribution is 0.355. The van der Waals surface area contributed by atoms with Gasteiger partial charge in [-0.2, -0.15) is 0 Å². The van der Waals surface area contributed by atoms with Crippen LogP contribution in [0, 0.1) is 0 Å². The van der Waals surface area contributed by atoms with Gasteiger partial charge in [0.25, 0.3) is 0 Å². The van der Waals surface area contributed by atoms with E-state index in [0.29, 0.717) is 23.0 Å². The molecule has 6 heteroatoms. The predicted molar refractivity (Wildman–Crippen MR) is 118 cm³/mol. The maximum absolute atomic E-state index is 5.73. The molecule has 0 spiro atoms. The van der Waals surface area contributed by atoms with Crippen LogP contribution in [0.4, 0.5) is 0 Å². The van der Waals surface area contributed by atoms with Gasteiger partial charge in [0.2, 0.25) is 0 Å². The van der Waals surface area contributed by atoms with Gasteiger partial charge in [-0.1, -0.05) is 0 Å². The van der Waals surface area contributed by atoms with Crippen LogP contribution in [-0.4, -0.2) is 42.7 Å². The second kappa shape index (κ2) is 7.71. The summed E-state index contributed by atoms with van der Waals surface area (Å²) >= 11 is 0. The molecule has 0 heterocycles. The molecule has 4 aromatic rings. The van der Waals surface area contributed by atoms with Gasteiger partial charge >= 0.3 is 0 Å². The predicted octanol–water partition coefficient (Wildman–Crippen LogP) is 5.20. The third-order valence-electron chi connectivity index (χ3n) is 5.44. The summed E-state index contributed by atoms with van der Waals surface area (Å²) in [4.78, 5) is 0. The minimum atomic E-state index is 0.635. The van der Waals surface area contributed by atoms with Crippen LogP contribution >= 0.6 is 0 Å². The molecule has 0 fully saturated rings. The summed E-state index contributed by atoms with van der Waals surface area (Å²) in [6.07, 6.45) is 0. The minimum absolute atomic E-state index is 0.635. The normalized spacial score (nSPS) is 11.0. The first-order chi connectivity index (χ1) is 14.6. The van der Waals surface area contributed by atoms with Crippen molar-refractivity contribution in [3.05, 3.63) is 36.4 Å². The minimum Gasteiger partial charge on any atom is -0.496 e. The summed E-state index contributed by atoms with van der Waals surface area (Å²) in [5, 5.41) is 5.71. The van der Waals surface area contributed by atoms with E-state index in [1.165, 1.54) is 0 Å². The first-order valence-corrected chi connectivity index (χ1v) is 9.39. The highest BCUT2D eigenvalue weighted by Gasteiger charge is 2.20. The lowest BCUT2D eigenvalue weighted by atomic mass is 9.92. The first kappa shape index (κ1) is 19.8. The highest BCUT2D eigenvalue weighted by Crippen LogP contribution is 2.48. The summed E-state index contributed by atoms with van der Waals surface area (Å²) in [5.74, 6) is 4.02. The number of hydrogen-bond donors (Lipinski definition) is 0. The van der Waals surface area contributed by atoms with E-state index in [1.807, 2.05) is 36.4 Å². The molecule has 0 atom stereocenters. The van der Waals surface area contributed by atoms with Crippen molar-refractivity contribution in [3.8, 4) is 34.5 Å². The topological polar surface area (TPSA) is 55.4 Å². The molecule has 0 saturated carbocycles. The third kappa shape index (κ3) is 2.79. The average molecular weight is 408 g/mol. The Labute approximate surface area is 174 Å². The SMILES string of the molecule is COc1cc2c3cc(OC)c(OC)cc3c3c(OC)ccc(OC)c3c2cc1OC. The van der Waals surface area contributed by atoms with Crippen LogP contribution in [0.5, 0.6) is 34.5 Å². The van der Waals surface area contributed by atoms with E-state index in [9.17, 15) is 0 Å². The van der Waals surface area contributed by atoms with Gasteiger partial charge in [-0.25, -0.2) is 0 Å². The van der Waals surface area contributed by atoms with Crippen LogP contribution in [0.25, 0.3) is 32.3 Å². The highest BCUT2D eigenvalue weighted by molar-refractivity contribution is 6.29. The van der Waals surface area contributed by atoms with Crippen molar-refractivity contribution < 1.29 is 28.4 Å². The van der Waals surface area contributed by atoms with Crippen molar-refractivity contribution >= 4 is 32.3 Å². The fraction of sp³-hybridized carbons (Fsp3) is 0.250. The lowest BCUT2D eigenvalue weighted by Gasteiger charge is -2.19. The molecule has 30 heavy (non-hydrogen) atoms. The zero-order chi connectivity index (χ0) is 21.4. The van der Waals surface area contributed by atoms with E-state index in [2.05, 4.69) is 0 Å². The van der Waals surface area contributed by atoms with Crippen LogP contribution in [0.15, 0.2) is 36.4 Å². The molecule has 0 N–H and O–H groups in total. The second-order valence-electron chi connectivity index (χ2n) is 6.73. The van der Waals surface area contributed by atoms with Crippen LogP contribution in [-0.2, 0) is 0 Å². The Morgan fingerprint density at radius 2 is 0.633 bits per heavy atom. The number of ether oxygens (including phenoxy) is 6. The molecule has 0 aliphatic carbocycles. The number of fused-ring (bicyclic) bond motifs is 6. The third-order valence-corrected chi connectivity index (χ3v) is 5.44. The Hall–Kier alpha value is -3.54. The van der Waals surface area contributed by atoms with Crippen molar-refractivity contribution in [2.75, 3.05) is 42.7 Å². The number of hydrogen-bond acceptors (Lipinski definition) is 6. The zero-order valence-electron chi connectivity index (χ0n) is 17.9. The van der Waals surface area contributed by atoms with Gasteiger partial charge in [0.15, 0.2) is 23.0 Å². The maximum atomic E-state index is 5.73. The van der Waals surface area contributed by atoms with E-state index in [0.717, 1.165) is 43.8 Å². The average Bonchev–Trinajstić information content (AvgIpc) is 2.81. The van der Waals surface area contributed by atoms with Gasteiger partial charge in [-0.05, 0) is 57.9 Å². The van der Waals surface area contributed by atoms with Crippen LogP contribution in [0.3, 0.4) is 0 Å². The van der Waals surface area contributed by atoms with E-state index < -0.39 is 0 Å². The van der Waals surface area contributed by atoms with Gasteiger partial charge in [-0.3, -0.25) is 0 Å². The van der Waals surface area contributed by atoms with Gasteiger partial charge < -0.3 is 28.4 Å². The summed E-state index contributed by atoms with van der Waals surface area (Å²) in [5.41, 5.74) is 0. The van der Waals surface area contributed by atoms with E-state index in [-0.39, 0.29) is 0 Å². The van der Waals surface area contributed by atoms with Crippen LogP contribution in [0.2, 0.25) is 0 Å². The molecule has 0 bridgehead atoms. The Morgan fingerprint density at radius 3 is 0.900 bits per heavy atom. The van der Waals surface area contributed by atoms with Crippen molar-refractivity contribution in [3.63, 3.8) is 0 Å². The molecular formula is C24H24O6. The van der Waals surface area contributed by atoms with E-state index in [1.54, 1.807) is 42.7 Å². The molecule has 0 aliphatic rings. The molecule has 0 aliphatic heterocycles. The smallest absolute Gasteiger partial charge is 0.161 e. The summed E-state index contributed by atoms with van der Waals surface area (Å²) < 4.78 is 33.8. The summed E-state index contributed by atoms with van der Waals surface area (Å²) in [7, 11) is 9.82. The standard InChI is InChI=1S/C24H24O6/c1-25-17-7-8-18(26-2)24-16-12-22(30-6)20(28-4)10-14(16)13-9-19(27-3)21(29-5)11-15(13)23(17)24/h7-12H,1-6H3. The molecule has 4 aromatic carbocycles. The quantitative estimate of drug-likeness (QED) is 0.409. The Balaban J connectivity index is 2.37. The Bertz CT molecular complexity index is 1160. The Kier molecular flexibility index (Phi) is 5.08. The van der Waals surface area contributed by atoms with Crippen LogP contribution < -0.4 is 28.4 Å². The van der Waals surface area contributed by atoms with E-state index >= 15 is 0 Å². The van der Waals surface area contributed by atoms with Crippen molar-refractivity contribution in [1.29, 1.82) is 0 Å². The van der Waals surface area contributed by atoms with Crippen LogP contribution in [0.1, 0.15) is 0 Å². The molecule has 156 valence electrons. The number of methoxy groups -OCH3 is 6. The maximum Gasteiger partial charge on any atom is 0.161 e. The van der Waals surface area contributed by atoms with E-state index in [4.69, 9.17) is 28.4 Å². The molecule has 4 rings (SSSR count). The lowest BCUT2D eigenvalue weighted by Crippen LogP contribution is -1.96. The number of rotatable bonds is 6. The fourth-order valence-corrected chi connectivity index (χ4v) is 4.06. The highest BCUT2D eigenvalue weighted by atomic mass is 16.5. The zero-order valence-corrected chi connectivity index (χ0v) is 17.9.